The van der Waals surface area contributed by atoms with Gasteiger partial charge in [0.2, 0.25) is 0 Å². The van der Waals surface area contributed by atoms with E-state index in [4.69, 9.17) is 0 Å². The summed E-state index contributed by atoms with van der Waals surface area (Å²) in [6, 6.07) is 11.9. The van der Waals surface area contributed by atoms with Crippen molar-refractivity contribution >= 4 is 28.7 Å². The number of imidazole rings is 2. The molecule has 2 fully saturated rings. The molecule has 4 aromatic rings. The van der Waals surface area contributed by atoms with Gasteiger partial charge in [-0.15, -0.1) is 0 Å². The molecule has 1 aliphatic heterocycles. The van der Waals surface area contributed by atoms with Crippen LogP contribution in [-0.2, 0) is 4.79 Å². The van der Waals surface area contributed by atoms with Gasteiger partial charge >= 0.3 is 6.03 Å². The molecule has 1 atom stereocenters. The zero-order valence-corrected chi connectivity index (χ0v) is 15.9. The van der Waals surface area contributed by atoms with Crippen LogP contribution in [0.15, 0.2) is 55.0 Å². The standard InChI is InChI=1S/C22H18N6O2/c29-21-19(28(22(30)27-21)15-7-8-16-17(9-15)25-11-24-16)13-3-5-14(6-4-13)20-23-10-18(26-20)12-1-2-12/h3-12,19H,1-2H2,(H,23,26)(H,24,25)(H,27,29,30). The molecule has 1 saturated heterocycles. The molecule has 2 aromatic carbocycles. The highest BCUT2D eigenvalue weighted by Crippen LogP contribution is 2.39. The molecule has 3 amide bonds. The topological polar surface area (TPSA) is 107 Å². The zero-order chi connectivity index (χ0) is 20.2. The number of carbonyl (C=O) groups is 2. The summed E-state index contributed by atoms with van der Waals surface area (Å²) in [5.41, 5.74) is 5.09. The van der Waals surface area contributed by atoms with Crippen molar-refractivity contribution in [2.45, 2.75) is 24.8 Å². The molecule has 1 saturated carbocycles. The highest BCUT2D eigenvalue weighted by molar-refractivity contribution is 6.15. The third-order valence-electron chi connectivity index (χ3n) is 5.75. The molecule has 3 N–H and O–H groups in total. The number of nitrogens with zero attached hydrogens (tertiary/aromatic N) is 3. The number of amides is 3. The fraction of sp³-hybridized carbons (Fsp3) is 0.182. The van der Waals surface area contributed by atoms with Crippen molar-refractivity contribution < 1.29 is 9.59 Å². The second kappa shape index (κ2) is 6.28. The van der Waals surface area contributed by atoms with Crippen LogP contribution in [0.25, 0.3) is 22.4 Å². The fourth-order valence-corrected chi connectivity index (χ4v) is 4.02. The van der Waals surface area contributed by atoms with E-state index >= 15 is 0 Å². The minimum atomic E-state index is -0.731. The van der Waals surface area contributed by atoms with Gasteiger partial charge in [0.1, 0.15) is 11.9 Å². The van der Waals surface area contributed by atoms with Crippen molar-refractivity contribution in [3.8, 4) is 11.4 Å². The summed E-state index contributed by atoms with van der Waals surface area (Å²) in [6.45, 7) is 0. The summed E-state index contributed by atoms with van der Waals surface area (Å²) in [5, 5.41) is 2.43. The number of carbonyl (C=O) groups excluding carboxylic acids is 2. The molecule has 2 aliphatic rings. The van der Waals surface area contributed by atoms with Gasteiger partial charge in [0.15, 0.2) is 0 Å². The van der Waals surface area contributed by atoms with Crippen LogP contribution in [0.4, 0.5) is 10.5 Å². The number of fused-ring (bicyclic) bond motifs is 1. The first-order chi connectivity index (χ1) is 14.7. The third-order valence-corrected chi connectivity index (χ3v) is 5.75. The molecule has 2 aromatic heterocycles. The van der Waals surface area contributed by atoms with E-state index in [1.54, 1.807) is 12.4 Å². The number of aromatic amines is 2. The second-order valence-corrected chi connectivity index (χ2v) is 7.75. The highest BCUT2D eigenvalue weighted by atomic mass is 16.2. The van der Waals surface area contributed by atoms with Crippen LogP contribution in [0, 0.1) is 0 Å². The normalized spacial score (nSPS) is 18.9. The van der Waals surface area contributed by atoms with Gasteiger partial charge in [0.05, 0.1) is 17.4 Å². The lowest BCUT2D eigenvalue weighted by atomic mass is 10.0. The number of imide groups is 1. The van der Waals surface area contributed by atoms with Crippen LogP contribution in [0.5, 0.6) is 0 Å². The first kappa shape index (κ1) is 17.0. The minimum Gasteiger partial charge on any atom is -0.345 e. The van der Waals surface area contributed by atoms with Crippen LogP contribution in [0.1, 0.15) is 36.1 Å². The number of urea groups is 1. The Labute approximate surface area is 171 Å². The van der Waals surface area contributed by atoms with Crippen molar-refractivity contribution in [1.82, 2.24) is 25.3 Å². The summed E-state index contributed by atoms with van der Waals surface area (Å²) in [7, 11) is 0. The quantitative estimate of drug-likeness (QED) is 0.456. The lowest BCUT2D eigenvalue weighted by molar-refractivity contribution is -0.119. The van der Waals surface area contributed by atoms with Crippen molar-refractivity contribution in [2.75, 3.05) is 4.90 Å². The maximum atomic E-state index is 12.6. The predicted octanol–water partition coefficient (Wildman–Crippen LogP) is 3.63. The van der Waals surface area contributed by atoms with Gasteiger partial charge in [0.25, 0.3) is 5.91 Å². The van der Waals surface area contributed by atoms with E-state index in [-0.39, 0.29) is 5.91 Å². The van der Waals surface area contributed by atoms with E-state index in [0.29, 0.717) is 11.6 Å². The Hall–Kier alpha value is -3.94. The van der Waals surface area contributed by atoms with E-state index in [1.807, 2.05) is 42.6 Å². The third kappa shape index (κ3) is 2.68. The molecule has 0 spiro atoms. The Balaban J connectivity index is 1.34. The Kier molecular flexibility index (Phi) is 3.55. The predicted molar refractivity (Wildman–Crippen MR) is 111 cm³/mol. The summed E-state index contributed by atoms with van der Waals surface area (Å²) in [6.07, 6.45) is 5.93. The van der Waals surface area contributed by atoms with E-state index in [9.17, 15) is 9.59 Å². The zero-order valence-electron chi connectivity index (χ0n) is 15.9. The van der Waals surface area contributed by atoms with Crippen molar-refractivity contribution in [3.05, 3.63) is 66.2 Å². The number of H-pyrrole nitrogens is 2. The van der Waals surface area contributed by atoms with Crippen molar-refractivity contribution in [3.63, 3.8) is 0 Å². The molecule has 148 valence electrons. The molecule has 0 radical (unpaired) electrons. The summed E-state index contributed by atoms with van der Waals surface area (Å²) >= 11 is 0. The highest BCUT2D eigenvalue weighted by Gasteiger charge is 2.40. The monoisotopic (exact) mass is 398 g/mol. The molecule has 30 heavy (non-hydrogen) atoms. The lowest BCUT2D eigenvalue weighted by Gasteiger charge is -2.22. The molecule has 0 bridgehead atoms. The first-order valence-electron chi connectivity index (χ1n) is 9.90. The number of rotatable bonds is 4. The van der Waals surface area contributed by atoms with E-state index < -0.39 is 12.1 Å². The largest absolute Gasteiger partial charge is 0.345 e. The molecule has 1 unspecified atom stereocenters. The van der Waals surface area contributed by atoms with Gasteiger partial charge in [0, 0.05) is 29.1 Å². The van der Waals surface area contributed by atoms with E-state index in [1.165, 1.54) is 23.4 Å². The maximum Gasteiger partial charge on any atom is 0.329 e. The van der Waals surface area contributed by atoms with E-state index in [0.717, 1.165) is 28.0 Å². The van der Waals surface area contributed by atoms with E-state index in [2.05, 4.69) is 25.3 Å². The van der Waals surface area contributed by atoms with Gasteiger partial charge in [-0.25, -0.2) is 14.8 Å². The number of hydrogen-bond donors (Lipinski definition) is 3. The number of hydrogen-bond acceptors (Lipinski definition) is 4. The fourth-order valence-electron chi connectivity index (χ4n) is 4.02. The van der Waals surface area contributed by atoms with Crippen LogP contribution in [0.3, 0.4) is 0 Å². The maximum absolute atomic E-state index is 12.6. The Bertz CT molecular complexity index is 1280. The summed E-state index contributed by atoms with van der Waals surface area (Å²) in [5.74, 6) is 1.09. The van der Waals surface area contributed by atoms with Gasteiger partial charge in [-0.05, 0) is 36.6 Å². The number of aromatic nitrogens is 4. The summed E-state index contributed by atoms with van der Waals surface area (Å²) in [4.78, 5) is 41.8. The number of anilines is 1. The minimum absolute atomic E-state index is 0.341. The van der Waals surface area contributed by atoms with Crippen LogP contribution < -0.4 is 10.2 Å². The van der Waals surface area contributed by atoms with Gasteiger partial charge in [-0.3, -0.25) is 15.0 Å². The van der Waals surface area contributed by atoms with Crippen LogP contribution >= 0.6 is 0 Å². The molecule has 8 heteroatoms. The van der Waals surface area contributed by atoms with Gasteiger partial charge in [-0.2, -0.15) is 0 Å². The second-order valence-electron chi connectivity index (χ2n) is 7.75. The molecule has 3 heterocycles. The average molecular weight is 398 g/mol. The number of nitrogens with one attached hydrogen (secondary N) is 3. The van der Waals surface area contributed by atoms with Gasteiger partial charge < -0.3 is 9.97 Å². The molecule has 6 rings (SSSR count). The smallest absolute Gasteiger partial charge is 0.329 e. The average Bonchev–Trinajstić information content (AvgIpc) is 3.18. The van der Waals surface area contributed by atoms with Crippen LogP contribution in [0.2, 0.25) is 0 Å². The summed E-state index contributed by atoms with van der Waals surface area (Å²) < 4.78 is 0. The Morgan fingerprint density at radius 1 is 1.00 bits per heavy atom. The van der Waals surface area contributed by atoms with Crippen molar-refractivity contribution in [1.29, 1.82) is 0 Å². The van der Waals surface area contributed by atoms with Gasteiger partial charge in [-0.1, -0.05) is 24.3 Å². The van der Waals surface area contributed by atoms with Crippen LogP contribution in [-0.4, -0.2) is 31.9 Å². The SMILES string of the molecule is O=C1NC(=O)N(c2ccc3nc[nH]c3c2)C1c1ccc(-c2ncc(C3CC3)[nH]2)cc1. The first-order valence-corrected chi connectivity index (χ1v) is 9.90. The lowest BCUT2D eigenvalue weighted by Crippen LogP contribution is -2.29. The molecular weight excluding hydrogens is 380 g/mol. The Morgan fingerprint density at radius 3 is 2.63 bits per heavy atom. The Morgan fingerprint density at radius 2 is 1.83 bits per heavy atom. The molecular formula is C22H18N6O2. The number of benzene rings is 2. The molecule has 1 aliphatic carbocycles. The van der Waals surface area contributed by atoms with Crippen molar-refractivity contribution in [2.24, 2.45) is 0 Å². The molecule has 8 nitrogen and oxygen atoms in total.